The molecule has 1 heterocycles. The van der Waals surface area contributed by atoms with Crippen LogP contribution in [0.2, 0.25) is 0 Å². The molecule has 0 aliphatic rings. The zero-order valence-electron chi connectivity index (χ0n) is 8.02. The van der Waals surface area contributed by atoms with Crippen LogP contribution in [0.3, 0.4) is 0 Å². The van der Waals surface area contributed by atoms with Crippen molar-refractivity contribution in [3.63, 3.8) is 0 Å². The summed E-state index contributed by atoms with van der Waals surface area (Å²) in [6.07, 6.45) is -8.14. The molecule has 0 N–H and O–H groups in total. The van der Waals surface area contributed by atoms with Gasteiger partial charge in [0.15, 0.2) is 0 Å². The summed E-state index contributed by atoms with van der Waals surface area (Å²) in [4.78, 5) is 2.80. The van der Waals surface area contributed by atoms with Crippen molar-refractivity contribution in [1.29, 1.82) is 5.26 Å². The van der Waals surface area contributed by atoms with Gasteiger partial charge in [-0.25, -0.2) is 13.8 Å². The van der Waals surface area contributed by atoms with Crippen LogP contribution < -0.4 is 0 Å². The summed E-state index contributed by atoms with van der Waals surface area (Å²) >= 11 is 5.26. The Balaban J connectivity index is 3.52. The molecule has 0 atom stereocenters. The first kappa shape index (κ1) is 13.6. The first-order valence-electron chi connectivity index (χ1n) is 4.16. The molecule has 0 amide bonds. The molecule has 17 heavy (non-hydrogen) atoms. The molecule has 0 bridgehead atoms. The topological polar surface area (TPSA) is 36.7 Å². The lowest BCUT2D eigenvalue weighted by Crippen LogP contribution is -2.14. The monoisotopic (exact) mass is 270 g/mol. The van der Waals surface area contributed by atoms with Gasteiger partial charge in [-0.2, -0.15) is 18.4 Å². The zero-order chi connectivity index (χ0) is 13.2. The van der Waals surface area contributed by atoms with Crippen LogP contribution in [0.5, 0.6) is 0 Å². The molecule has 0 spiro atoms. The SMILES string of the molecule is N#Cc1cc(CCl)c(C(F)(F)F)nc1C(F)F. The Kier molecular flexibility index (Phi) is 3.88. The summed E-state index contributed by atoms with van der Waals surface area (Å²) in [6, 6.07) is 2.05. The van der Waals surface area contributed by atoms with E-state index in [4.69, 9.17) is 16.9 Å². The van der Waals surface area contributed by atoms with E-state index in [1.807, 2.05) is 0 Å². The van der Waals surface area contributed by atoms with Gasteiger partial charge >= 0.3 is 6.18 Å². The molecule has 0 saturated heterocycles. The fourth-order valence-electron chi connectivity index (χ4n) is 1.17. The van der Waals surface area contributed by atoms with E-state index in [1.54, 1.807) is 0 Å². The van der Waals surface area contributed by atoms with E-state index in [1.165, 1.54) is 6.07 Å². The summed E-state index contributed by atoms with van der Waals surface area (Å²) in [6.45, 7) is 0. The first-order valence-corrected chi connectivity index (χ1v) is 4.70. The minimum atomic E-state index is -4.89. The molecule has 92 valence electrons. The summed E-state index contributed by atoms with van der Waals surface area (Å²) in [5, 5.41) is 8.53. The second-order valence-corrected chi connectivity index (χ2v) is 3.24. The van der Waals surface area contributed by atoms with Crippen LogP contribution in [0, 0.1) is 11.3 Å². The lowest BCUT2D eigenvalue weighted by Gasteiger charge is -2.12. The predicted octanol–water partition coefficient (Wildman–Crippen LogP) is 3.65. The van der Waals surface area contributed by atoms with Gasteiger partial charge < -0.3 is 0 Å². The molecule has 1 rings (SSSR count). The molecule has 0 radical (unpaired) electrons. The fraction of sp³-hybridized carbons (Fsp3) is 0.333. The van der Waals surface area contributed by atoms with Crippen LogP contribution in [0.25, 0.3) is 0 Å². The molecule has 0 saturated carbocycles. The average Bonchev–Trinajstić information content (AvgIpc) is 2.25. The van der Waals surface area contributed by atoms with Crippen LogP contribution in [-0.4, -0.2) is 4.98 Å². The van der Waals surface area contributed by atoms with Gasteiger partial charge in [0.05, 0.1) is 5.56 Å². The highest BCUT2D eigenvalue weighted by Crippen LogP contribution is 2.34. The smallest absolute Gasteiger partial charge is 0.241 e. The molecule has 0 aliphatic carbocycles. The van der Waals surface area contributed by atoms with Gasteiger partial charge in [-0.15, -0.1) is 11.6 Å². The number of hydrogen-bond donors (Lipinski definition) is 0. The highest BCUT2D eigenvalue weighted by Gasteiger charge is 2.37. The van der Waals surface area contributed by atoms with E-state index >= 15 is 0 Å². The van der Waals surface area contributed by atoms with Crippen molar-refractivity contribution < 1.29 is 22.0 Å². The van der Waals surface area contributed by atoms with Gasteiger partial charge in [0.25, 0.3) is 6.43 Å². The predicted molar refractivity (Wildman–Crippen MR) is 48.5 cm³/mol. The minimum Gasteiger partial charge on any atom is -0.241 e. The van der Waals surface area contributed by atoms with Crippen molar-refractivity contribution in [3.05, 3.63) is 28.6 Å². The number of nitrogens with zero attached hydrogens (tertiary/aromatic N) is 2. The van der Waals surface area contributed by atoms with Crippen molar-refractivity contribution in [3.8, 4) is 6.07 Å². The number of pyridine rings is 1. The maximum atomic E-state index is 12.5. The molecule has 1 aromatic rings. The Morgan fingerprint density at radius 1 is 1.41 bits per heavy atom. The summed E-state index contributed by atoms with van der Waals surface area (Å²) < 4.78 is 62.2. The molecule has 0 aliphatic heterocycles. The van der Waals surface area contributed by atoms with Gasteiger partial charge in [-0.1, -0.05) is 0 Å². The lowest BCUT2D eigenvalue weighted by molar-refractivity contribution is -0.142. The zero-order valence-corrected chi connectivity index (χ0v) is 8.78. The number of alkyl halides is 6. The van der Waals surface area contributed by atoms with E-state index in [2.05, 4.69) is 4.98 Å². The average molecular weight is 271 g/mol. The molecule has 8 heteroatoms. The number of nitriles is 1. The van der Waals surface area contributed by atoms with E-state index in [0.717, 1.165) is 0 Å². The van der Waals surface area contributed by atoms with Gasteiger partial charge in [-0.05, 0) is 11.6 Å². The Bertz CT molecular complexity index is 464. The van der Waals surface area contributed by atoms with Gasteiger partial charge in [-0.3, -0.25) is 0 Å². The first-order chi connectivity index (χ1) is 7.81. The molecule has 0 fully saturated rings. The van der Waals surface area contributed by atoms with Gasteiger partial charge in [0, 0.05) is 5.88 Å². The number of aromatic nitrogens is 1. The van der Waals surface area contributed by atoms with E-state index in [9.17, 15) is 22.0 Å². The van der Waals surface area contributed by atoms with Gasteiger partial charge in [0.2, 0.25) is 0 Å². The molecule has 0 unspecified atom stereocenters. The third-order valence-electron chi connectivity index (χ3n) is 1.87. The highest BCUT2D eigenvalue weighted by atomic mass is 35.5. The van der Waals surface area contributed by atoms with Crippen LogP contribution >= 0.6 is 11.6 Å². The largest absolute Gasteiger partial charge is 0.433 e. The van der Waals surface area contributed by atoms with E-state index < -0.39 is 41.0 Å². The van der Waals surface area contributed by atoms with Crippen molar-refractivity contribution >= 4 is 11.6 Å². The van der Waals surface area contributed by atoms with Crippen LogP contribution in [0.4, 0.5) is 22.0 Å². The highest BCUT2D eigenvalue weighted by molar-refractivity contribution is 6.17. The van der Waals surface area contributed by atoms with E-state index in [-0.39, 0.29) is 0 Å². The van der Waals surface area contributed by atoms with Crippen LogP contribution in [0.1, 0.15) is 28.9 Å². The van der Waals surface area contributed by atoms with Crippen molar-refractivity contribution in [2.75, 3.05) is 0 Å². The fourth-order valence-corrected chi connectivity index (χ4v) is 1.38. The Morgan fingerprint density at radius 3 is 2.35 bits per heavy atom. The third kappa shape index (κ3) is 2.82. The van der Waals surface area contributed by atoms with E-state index in [0.29, 0.717) is 6.07 Å². The normalized spacial score (nSPS) is 11.6. The number of halogens is 6. The Labute approximate surface area is 97.6 Å². The van der Waals surface area contributed by atoms with Crippen molar-refractivity contribution in [1.82, 2.24) is 4.98 Å². The molecular formula is C9H4ClF5N2. The quantitative estimate of drug-likeness (QED) is 0.607. The summed E-state index contributed by atoms with van der Waals surface area (Å²) in [7, 11) is 0. The van der Waals surface area contributed by atoms with Gasteiger partial charge in [0.1, 0.15) is 17.5 Å². The number of rotatable bonds is 2. The lowest BCUT2D eigenvalue weighted by atomic mass is 10.1. The molecule has 0 aromatic carbocycles. The van der Waals surface area contributed by atoms with Crippen LogP contribution in [0.15, 0.2) is 6.07 Å². The maximum absolute atomic E-state index is 12.5. The molecule has 2 nitrogen and oxygen atoms in total. The molecule has 1 aromatic heterocycles. The standard InChI is InChI=1S/C9H4ClF5N2/c10-2-4-1-5(3-16)6(8(11)12)17-7(4)9(13,14)15/h1,8H,2H2. The second kappa shape index (κ2) is 4.84. The third-order valence-corrected chi connectivity index (χ3v) is 2.16. The minimum absolute atomic E-state index is 0.500. The molecular weight excluding hydrogens is 267 g/mol. The Morgan fingerprint density at radius 2 is 2.00 bits per heavy atom. The summed E-state index contributed by atoms with van der Waals surface area (Å²) in [5.74, 6) is -0.569. The van der Waals surface area contributed by atoms with Crippen LogP contribution in [-0.2, 0) is 12.1 Å². The maximum Gasteiger partial charge on any atom is 0.433 e. The van der Waals surface area contributed by atoms with Crippen molar-refractivity contribution in [2.45, 2.75) is 18.5 Å². The second-order valence-electron chi connectivity index (χ2n) is 2.97. The Hall–Kier alpha value is -1.42. The summed E-state index contributed by atoms with van der Waals surface area (Å²) in [5.41, 5.74) is -3.78. The van der Waals surface area contributed by atoms with Crippen molar-refractivity contribution in [2.24, 2.45) is 0 Å². The number of hydrogen-bond acceptors (Lipinski definition) is 2.